The Bertz CT molecular complexity index is 2650. The molecule has 9 nitrogen and oxygen atoms in total. The molecule has 2 aliphatic heterocycles. The molecule has 0 saturated carbocycles. The Balaban J connectivity index is 0.000000200. The van der Waals surface area contributed by atoms with Gasteiger partial charge in [-0.1, -0.05) is 62.1 Å². The van der Waals surface area contributed by atoms with Crippen LogP contribution in [0.15, 0.2) is 91.3 Å². The van der Waals surface area contributed by atoms with Crippen molar-refractivity contribution in [3.63, 3.8) is 0 Å². The van der Waals surface area contributed by atoms with Gasteiger partial charge in [0.25, 0.3) is 0 Å². The van der Waals surface area contributed by atoms with E-state index in [0.717, 1.165) is 149 Å². The predicted octanol–water partition coefficient (Wildman–Crippen LogP) is 12.6. The normalized spacial score (nSPS) is 14.7. The average molecular weight is 927 g/mol. The zero-order valence-electron chi connectivity index (χ0n) is 37.3. The van der Waals surface area contributed by atoms with Gasteiger partial charge in [-0.25, -0.2) is 9.97 Å². The van der Waals surface area contributed by atoms with Gasteiger partial charge < -0.3 is 20.8 Å². The molecule has 354 valence electrons. The summed E-state index contributed by atoms with van der Waals surface area (Å²) in [5.74, 6) is 0.911. The molecule has 2 atom stereocenters. The summed E-state index contributed by atoms with van der Waals surface area (Å²) in [7, 11) is 0. The number of aliphatic hydroxyl groups excluding tert-OH is 1. The molecule has 0 fully saturated rings. The molecule has 67 heavy (non-hydrogen) atoms. The van der Waals surface area contributed by atoms with Gasteiger partial charge >= 0.3 is 18.3 Å². The minimum absolute atomic E-state index is 0.0279. The molecule has 2 aromatic carbocycles. The number of hydrogen-bond donors (Lipinski definition) is 4. The van der Waals surface area contributed by atoms with Gasteiger partial charge in [-0.05, 0) is 141 Å². The summed E-state index contributed by atoms with van der Waals surface area (Å²) in [5, 5.41) is 27.5. The van der Waals surface area contributed by atoms with Crippen LogP contribution in [0.2, 0.25) is 0 Å². The monoisotopic (exact) mass is 926 g/mol. The number of rotatable bonds is 17. The highest BCUT2D eigenvalue weighted by Crippen LogP contribution is 2.34. The maximum Gasteiger partial charge on any atom is 0.416 e. The van der Waals surface area contributed by atoms with E-state index in [2.05, 4.69) is 44.9 Å². The second kappa shape index (κ2) is 22.6. The van der Waals surface area contributed by atoms with Crippen LogP contribution in [0.3, 0.4) is 0 Å². The minimum atomic E-state index is -4.42. The number of hydrogen-bond acceptors (Lipinski definition) is 8. The number of carbonyl (C=O) groups is 1. The number of nitrogens with one attached hydrogen (secondary N) is 2. The van der Waals surface area contributed by atoms with Crippen LogP contribution in [0.4, 0.5) is 38.0 Å². The van der Waals surface area contributed by atoms with E-state index in [1.165, 1.54) is 35.7 Å². The van der Waals surface area contributed by atoms with Crippen LogP contribution in [0.5, 0.6) is 0 Å². The number of pyridine rings is 4. The number of halogens is 6. The highest BCUT2D eigenvalue weighted by atomic mass is 19.4. The van der Waals surface area contributed by atoms with Crippen LogP contribution in [0.1, 0.15) is 121 Å². The number of unbranched alkanes of at least 4 members (excludes halogenated alkanes) is 4. The number of fused-ring (bicyclic) bond motifs is 4. The van der Waals surface area contributed by atoms with E-state index < -0.39 is 35.6 Å². The zero-order valence-corrected chi connectivity index (χ0v) is 37.3. The molecular weight excluding hydrogens is 871 g/mol. The Morgan fingerprint density at radius 3 is 1.78 bits per heavy atom. The van der Waals surface area contributed by atoms with E-state index in [1.54, 1.807) is 24.3 Å². The van der Waals surface area contributed by atoms with Crippen LogP contribution in [-0.4, -0.2) is 55.3 Å². The summed E-state index contributed by atoms with van der Waals surface area (Å²) in [6.07, 6.45) is 10.4. The Morgan fingerprint density at radius 1 is 0.657 bits per heavy atom. The molecule has 15 heteroatoms. The lowest BCUT2D eigenvalue weighted by Crippen LogP contribution is -2.14. The van der Waals surface area contributed by atoms with E-state index >= 15 is 0 Å². The molecule has 0 amide bonds. The molecule has 4 N–H and O–H groups in total. The van der Waals surface area contributed by atoms with Gasteiger partial charge in [0, 0.05) is 47.6 Å². The molecule has 6 heterocycles. The fourth-order valence-electron chi connectivity index (χ4n) is 8.59. The standard InChI is InChI=1S/C27H30F3N3O2.C25H26F3N3O/c28-27(29,30)22-11-9-20-14-21(17-32-24(20)16-22)19(15-25(34)35)6-3-1-2-4-8-23-12-10-18-7-5-13-31-26(18)33-23;26-25(27,28)20-10-8-19-14-17(16-30-23(19)15-20)7-12-22(32)6-2-1-5-21-11-9-18-4-3-13-29-24(18)31-21/h9-12,14,16-17,19H,1-8,13,15H2,(H,31,33)(H,34,35);7-12,14-16,22,32H,1-6,13H2,(H,29,31)/b;12-7+. The van der Waals surface area contributed by atoms with E-state index in [9.17, 15) is 41.4 Å². The van der Waals surface area contributed by atoms with Gasteiger partial charge in [-0.15, -0.1) is 0 Å². The molecule has 0 saturated heterocycles. The third-order valence-corrected chi connectivity index (χ3v) is 12.3. The Kier molecular flexibility index (Phi) is 16.5. The highest BCUT2D eigenvalue weighted by molar-refractivity contribution is 5.82. The maximum absolute atomic E-state index is 13.0. The molecular formula is C52H56F6N6O3. The number of benzene rings is 2. The van der Waals surface area contributed by atoms with Crippen LogP contribution in [0, 0.1) is 0 Å². The summed E-state index contributed by atoms with van der Waals surface area (Å²) in [6, 6.07) is 19.0. The fourth-order valence-corrected chi connectivity index (χ4v) is 8.59. The van der Waals surface area contributed by atoms with Crippen LogP contribution >= 0.6 is 0 Å². The first-order valence-corrected chi connectivity index (χ1v) is 23.2. The number of aliphatic carboxylic acids is 1. The van der Waals surface area contributed by atoms with Gasteiger partial charge in [-0.3, -0.25) is 14.8 Å². The first kappa shape index (κ1) is 48.8. The van der Waals surface area contributed by atoms with Gasteiger partial charge in [-0.2, -0.15) is 26.3 Å². The lowest BCUT2D eigenvalue weighted by molar-refractivity contribution is -0.138. The van der Waals surface area contributed by atoms with Crippen molar-refractivity contribution < 1.29 is 41.4 Å². The second-order valence-electron chi connectivity index (χ2n) is 17.4. The zero-order chi connectivity index (χ0) is 47.4. The molecule has 2 aliphatic rings. The SMILES string of the molecule is O=C(O)CC(CCCCCCc1ccc2c(n1)NCCC2)c1cnc2cc(C(F)(F)F)ccc2c1.OC(/C=C/c1cnc2cc(C(F)(F)F)ccc2c1)CCCCc1ccc2c(n1)NCCC2. The number of aryl methyl sites for hydroxylation is 4. The number of aliphatic hydroxyl groups is 1. The Morgan fingerprint density at radius 2 is 1.19 bits per heavy atom. The Hall–Kier alpha value is -6.09. The molecule has 0 spiro atoms. The summed E-state index contributed by atoms with van der Waals surface area (Å²) in [4.78, 5) is 29.2. The molecule has 4 aromatic heterocycles. The lowest BCUT2D eigenvalue weighted by atomic mass is 9.90. The number of carboxylic acid groups (broad SMARTS) is 1. The summed E-state index contributed by atoms with van der Waals surface area (Å²) in [5.41, 5.74) is 5.32. The molecule has 8 rings (SSSR count). The topological polar surface area (TPSA) is 133 Å². The first-order valence-electron chi connectivity index (χ1n) is 23.2. The number of nitrogens with zero attached hydrogens (tertiary/aromatic N) is 4. The van der Waals surface area contributed by atoms with E-state index in [-0.39, 0.29) is 17.9 Å². The summed E-state index contributed by atoms with van der Waals surface area (Å²) < 4.78 is 77.3. The number of carboxylic acids is 1. The van der Waals surface area contributed by atoms with Crippen molar-refractivity contribution in [1.82, 2.24) is 19.9 Å². The number of anilines is 2. The van der Waals surface area contributed by atoms with Crippen LogP contribution in [0.25, 0.3) is 27.9 Å². The predicted molar refractivity (Wildman–Crippen MR) is 250 cm³/mol. The fraction of sp³-hybridized carbons (Fsp3) is 0.404. The number of alkyl halides is 6. The minimum Gasteiger partial charge on any atom is -0.481 e. The van der Waals surface area contributed by atoms with Crippen molar-refractivity contribution in [2.45, 2.75) is 121 Å². The van der Waals surface area contributed by atoms with E-state index in [0.29, 0.717) is 29.1 Å². The molecule has 0 radical (unpaired) electrons. The van der Waals surface area contributed by atoms with Crippen molar-refractivity contribution >= 4 is 45.5 Å². The lowest BCUT2D eigenvalue weighted by Gasteiger charge is -2.17. The summed E-state index contributed by atoms with van der Waals surface area (Å²) in [6.45, 7) is 1.95. The van der Waals surface area contributed by atoms with Gasteiger partial charge in [0.05, 0.1) is 34.7 Å². The first-order chi connectivity index (χ1) is 32.2. The molecule has 6 aromatic rings. The van der Waals surface area contributed by atoms with Gasteiger partial charge in [0.15, 0.2) is 0 Å². The van der Waals surface area contributed by atoms with Gasteiger partial charge in [0.2, 0.25) is 0 Å². The molecule has 0 aliphatic carbocycles. The smallest absolute Gasteiger partial charge is 0.416 e. The Labute approximate surface area is 386 Å². The third-order valence-electron chi connectivity index (χ3n) is 12.3. The van der Waals surface area contributed by atoms with Crippen LogP contribution < -0.4 is 10.6 Å². The van der Waals surface area contributed by atoms with Crippen LogP contribution in [-0.2, 0) is 42.8 Å². The van der Waals surface area contributed by atoms with Crippen molar-refractivity contribution in [3.05, 3.63) is 136 Å². The second-order valence-corrected chi connectivity index (χ2v) is 17.4. The van der Waals surface area contributed by atoms with Crippen molar-refractivity contribution in [3.8, 4) is 0 Å². The van der Waals surface area contributed by atoms with E-state index in [4.69, 9.17) is 9.97 Å². The van der Waals surface area contributed by atoms with Gasteiger partial charge in [0.1, 0.15) is 11.6 Å². The van der Waals surface area contributed by atoms with Crippen molar-refractivity contribution in [1.29, 1.82) is 0 Å². The maximum atomic E-state index is 13.0. The average Bonchev–Trinajstić information content (AvgIpc) is 3.31. The van der Waals surface area contributed by atoms with Crippen molar-refractivity contribution in [2.75, 3.05) is 23.7 Å². The third kappa shape index (κ3) is 14.2. The van der Waals surface area contributed by atoms with Crippen molar-refractivity contribution in [2.24, 2.45) is 0 Å². The molecule has 2 unspecified atom stereocenters. The highest BCUT2D eigenvalue weighted by Gasteiger charge is 2.31. The quantitative estimate of drug-likeness (QED) is 0.0521. The number of aromatic nitrogens is 4. The van der Waals surface area contributed by atoms with E-state index in [1.807, 2.05) is 0 Å². The largest absolute Gasteiger partial charge is 0.481 e. The summed E-state index contributed by atoms with van der Waals surface area (Å²) >= 11 is 0. The molecule has 0 bridgehead atoms.